The first kappa shape index (κ1) is 19.4. The Hall–Kier alpha value is -0.550. The van der Waals surface area contributed by atoms with Gasteiger partial charge in [0.25, 0.3) is 0 Å². The lowest BCUT2D eigenvalue weighted by molar-refractivity contribution is -0.909. The Labute approximate surface area is 127 Å². The van der Waals surface area contributed by atoms with Crippen molar-refractivity contribution in [2.45, 2.75) is 84.5 Å². The van der Waals surface area contributed by atoms with Gasteiger partial charge in [-0.15, -0.1) is 0 Å². The highest BCUT2D eigenvalue weighted by Crippen LogP contribution is 2.15. The van der Waals surface area contributed by atoms with E-state index in [-0.39, 0.29) is 0 Å². The van der Waals surface area contributed by atoms with Crippen molar-refractivity contribution in [1.82, 2.24) is 0 Å². The molecule has 20 heavy (non-hydrogen) atoms. The summed E-state index contributed by atoms with van der Waals surface area (Å²) < 4.78 is 0. The van der Waals surface area contributed by atoms with E-state index in [4.69, 9.17) is 11.8 Å². The standard InChI is InChI=1S/C17H35N.CN/c1-3-5-7-8-9-10-14-18-15-11-13-17(16-18)12-6-4-2;1-2/h17H,3-16H2,1-2H3;/q;-1/p+1. The number of nitrogens with one attached hydrogen (secondary N) is 1. The van der Waals surface area contributed by atoms with Crippen molar-refractivity contribution in [3.8, 4) is 0 Å². The minimum atomic E-state index is 1.05. The second-order valence-electron chi connectivity index (χ2n) is 6.37. The van der Waals surface area contributed by atoms with Crippen LogP contribution in [0, 0.1) is 17.8 Å². The molecule has 2 unspecified atom stereocenters. The van der Waals surface area contributed by atoms with Crippen molar-refractivity contribution in [1.29, 1.82) is 5.26 Å². The number of quaternary nitrogens is 1. The molecule has 0 bridgehead atoms. The first-order valence-electron chi connectivity index (χ1n) is 8.92. The average Bonchev–Trinajstić information content (AvgIpc) is 2.51. The summed E-state index contributed by atoms with van der Waals surface area (Å²) in [4.78, 5) is 1.91. The first-order chi connectivity index (χ1) is 9.86. The third-order valence-corrected chi connectivity index (χ3v) is 4.57. The zero-order valence-electron chi connectivity index (χ0n) is 13.9. The molecule has 0 aromatic rings. The number of hydrogen-bond acceptors (Lipinski definition) is 1. The minimum Gasteiger partial charge on any atom is -0.512 e. The van der Waals surface area contributed by atoms with E-state index in [1.165, 1.54) is 90.3 Å². The monoisotopic (exact) mass is 280 g/mol. The van der Waals surface area contributed by atoms with E-state index >= 15 is 0 Å². The maximum absolute atomic E-state index is 6.25. The summed E-state index contributed by atoms with van der Waals surface area (Å²) >= 11 is 0. The van der Waals surface area contributed by atoms with Crippen LogP contribution >= 0.6 is 0 Å². The summed E-state index contributed by atoms with van der Waals surface area (Å²) in [6.07, 6.45) is 16.0. The van der Waals surface area contributed by atoms with E-state index in [2.05, 4.69) is 13.8 Å². The van der Waals surface area contributed by atoms with Crippen LogP contribution in [0.3, 0.4) is 0 Å². The van der Waals surface area contributed by atoms with Gasteiger partial charge < -0.3 is 16.7 Å². The summed E-state index contributed by atoms with van der Waals surface area (Å²) in [5.41, 5.74) is 0. The molecule has 1 fully saturated rings. The molecular formula is C18H36N2. The molecule has 0 aromatic carbocycles. The van der Waals surface area contributed by atoms with Crippen LogP contribution in [-0.2, 0) is 0 Å². The molecule has 1 rings (SSSR count). The second kappa shape index (κ2) is 14.9. The third kappa shape index (κ3) is 10.3. The van der Waals surface area contributed by atoms with Crippen molar-refractivity contribution in [2.75, 3.05) is 19.6 Å². The Morgan fingerprint density at radius 3 is 2.30 bits per heavy atom. The van der Waals surface area contributed by atoms with Crippen molar-refractivity contribution < 1.29 is 4.90 Å². The molecule has 0 amide bonds. The van der Waals surface area contributed by atoms with E-state index < -0.39 is 0 Å². The lowest BCUT2D eigenvalue weighted by Crippen LogP contribution is -3.13. The second-order valence-corrected chi connectivity index (χ2v) is 6.37. The van der Waals surface area contributed by atoms with Crippen LogP contribution in [0.4, 0.5) is 0 Å². The molecular weight excluding hydrogens is 244 g/mol. The van der Waals surface area contributed by atoms with Crippen LogP contribution in [0.1, 0.15) is 84.5 Å². The van der Waals surface area contributed by atoms with Crippen LogP contribution in [0.25, 0.3) is 0 Å². The fourth-order valence-corrected chi connectivity index (χ4v) is 3.37. The SMILES string of the molecule is CCCCCCCC[NH+]1CCCC(CCCC)C1.[C-]#N. The summed E-state index contributed by atoms with van der Waals surface area (Å²) in [6, 6.07) is 0. The number of hydrogen-bond donors (Lipinski definition) is 1. The van der Waals surface area contributed by atoms with E-state index in [1.807, 2.05) is 4.90 Å². The molecule has 0 aliphatic carbocycles. The van der Waals surface area contributed by atoms with Crippen LogP contribution in [0.5, 0.6) is 0 Å². The molecule has 0 spiro atoms. The fourth-order valence-electron chi connectivity index (χ4n) is 3.37. The molecule has 2 nitrogen and oxygen atoms in total. The molecule has 1 aliphatic rings. The molecule has 1 saturated heterocycles. The average molecular weight is 280 g/mol. The highest BCUT2D eigenvalue weighted by molar-refractivity contribution is 4.61. The molecule has 118 valence electrons. The fraction of sp³-hybridized carbons (Fsp3) is 0.944. The maximum atomic E-state index is 6.25. The number of nitrogens with zero attached hydrogens (tertiary/aromatic N) is 1. The minimum absolute atomic E-state index is 1.05. The zero-order valence-corrected chi connectivity index (χ0v) is 13.9. The van der Waals surface area contributed by atoms with Gasteiger partial charge in [-0.25, -0.2) is 0 Å². The van der Waals surface area contributed by atoms with E-state index in [0.717, 1.165) is 5.92 Å². The van der Waals surface area contributed by atoms with Crippen LogP contribution in [-0.4, -0.2) is 19.6 Å². The van der Waals surface area contributed by atoms with Crippen molar-refractivity contribution in [3.05, 3.63) is 6.57 Å². The molecule has 1 N–H and O–H groups in total. The van der Waals surface area contributed by atoms with Gasteiger partial charge in [0.2, 0.25) is 0 Å². The van der Waals surface area contributed by atoms with Crippen LogP contribution < -0.4 is 4.90 Å². The van der Waals surface area contributed by atoms with Gasteiger partial charge in [-0.2, -0.15) is 0 Å². The zero-order chi connectivity index (χ0) is 15.1. The van der Waals surface area contributed by atoms with E-state index in [0.29, 0.717) is 0 Å². The summed E-state index contributed by atoms with van der Waals surface area (Å²) in [5.74, 6) is 1.05. The number of likely N-dealkylation sites (tertiary alicyclic amines) is 1. The highest BCUT2D eigenvalue weighted by atomic mass is 15.1. The lowest BCUT2D eigenvalue weighted by atomic mass is 9.93. The normalized spacial score (nSPS) is 22.0. The molecule has 0 radical (unpaired) electrons. The predicted octanol–water partition coefficient (Wildman–Crippen LogP) is 3.93. The van der Waals surface area contributed by atoms with Gasteiger partial charge in [0.15, 0.2) is 0 Å². The number of unbranched alkanes of at least 4 members (excludes halogenated alkanes) is 6. The first-order valence-corrected chi connectivity index (χ1v) is 8.92. The van der Waals surface area contributed by atoms with Gasteiger partial charge in [0.1, 0.15) is 0 Å². The predicted molar refractivity (Wildman–Crippen MR) is 86.2 cm³/mol. The number of rotatable bonds is 10. The third-order valence-electron chi connectivity index (χ3n) is 4.57. The largest absolute Gasteiger partial charge is 0.512 e. The van der Waals surface area contributed by atoms with Gasteiger partial charge in [0, 0.05) is 5.92 Å². The van der Waals surface area contributed by atoms with E-state index in [1.54, 1.807) is 0 Å². The van der Waals surface area contributed by atoms with Gasteiger partial charge >= 0.3 is 0 Å². The Balaban J connectivity index is 0.00000172. The summed E-state index contributed by atoms with van der Waals surface area (Å²) in [5, 5.41) is 6.25. The molecule has 0 saturated carbocycles. The van der Waals surface area contributed by atoms with Crippen LogP contribution in [0.2, 0.25) is 0 Å². The number of piperidine rings is 1. The van der Waals surface area contributed by atoms with Gasteiger partial charge in [-0.05, 0) is 32.1 Å². The van der Waals surface area contributed by atoms with Gasteiger partial charge in [-0.1, -0.05) is 52.4 Å². The topological polar surface area (TPSA) is 28.2 Å². The maximum Gasteiger partial charge on any atom is 0.0799 e. The molecule has 2 atom stereocenters. The van der Waals surface area contributed by atoms with Crippen LogP contribution in [0.15, 0.2) is 0 Å². The molecule has 1 aliphatic heterocycles. The summed E-state index contributed by atoms with van der Waals surface area (Å²) in [7, 11) is 0. The summed E-state index contributed by atoms with van der Waals surface area (Å²) in [6.45, 7) is 13.8. The van der Waals surface area contributed by atoms with Gasteiger partial charge in [0.05, 0.1) is 19.6 Å². The van der Waals surface area contributed by atoms with Crippen molar-refractivity contribution >= 4 is 0 Å². The van der Waals surface area contributed by atoms with Gasteiger partial charge in [-0.3, -0.25) is 0 Å². The molecule has 1 heterocycles. The highest BCUT2D eigenvalue weighted by Gasteiger charge is 2.21. The Kier molecular flexibility index (Phi) is 14.4. The Morgan fingerprint density at radius 1 is 0.950 bits per heavy atom. The Morgan fingerprint density at radius 2 is 1.60 bits per heavy atom. The van der Waals surface area contributed by atoms with E-state index in [9.17, 15) is 0 Å². The van der Waals surface area contributed by atoms with Crippen molar-refractivity contribution in [2.24, 2.45) is 5.92 Å². The Bertz CT molecular complexity index is 213. The van der Waals surface area contributed by atoms with Crippen molar-refractivity contribution in [3.63, 3.8) is 0 Å². The quantitative estimate of drug-likeness (QED) is 0.476. The smallest absolute Gasteiger partial charge is 0.0799 e. The molecule has 0 aromatic heterocycles. The molecule has 2 heteroatoms. The lowest BCUT2D eigenvalue weighted by Gasteiger charge is -2.30.